The zero-order valence-electron chi connectivity index (χ0n) is 20.2. The fraction of sp³-hybridized carbons (Fsp3) is 0.269. The number of benzene rings is 3. The van der Waals surface area contributed by atoms with E-state index in [2.05, 4.69) is 5.32 Å². The quantitative estimate of drug-likeness (QED) is 0.481. The summed E-state index contributed by atoms with van der Waals surface area (Å²) in [5, 5.41) is 2.83. The monoisotopic (exact) mass is 527 g/mol. The van der Waals surface area contributed by atoms with Crippen molar-refractivity contribution in [2.24, 2.45) is 0 Å². The van der Waals surface area contributed by atoms with E-state index in [1.165, 1.54) is 32.9 Å². The first-order valence-electron chi connectivity index (χ1n) is 11.8. The molecule has 0 bridgehead atoms. The Morgan fingerprint density at radius 2 is 1.53 bits per heavy atom. The molecular weight excluding hydrogens is 498 g/mol. The topological polar surface area (TPSA) is 104 Å². The second-order valence-corrected chi connectivity index (χ2v) is 12.3. The van der Waals surface area contributed by atoms with Crippen LogP contribution in [0.2, 0.25) is 0 Å². The van der Waals surface area contributed by atoms with Crippen molar-refractivity contribution >= 4 is 31.6 Å². The molecule has 0 unspecified atom stereocenters. The third-order valence-electron chi connectivity index (χ3n) is 6.28. The Morgan fingerprint density at radius 1 is 0.861 bits per heavy atom. The maximum absolute atomic E-state index is 13.0. The molecule has 4 rings (SSSR count). The minimum Gasteiger partial charge on any atom is -0.322 e. The number of rotatable bonds is 8. The van der Waals surface area contributed by atoms with Gasteiger partial charge in [-0.25, -0.2) is 16.8 Å². The molecule has 36 heavy (non-hydrogen) atoms. The first-order valence-corrected chi connectivity index (χ1v) is 14.6. The van der Waals surface area contributed by atoms with Crippen LogP contribution in [0.15, 0.2) is 82.6 Å². The van der Waals surface area contributed by atoms with Crippen molar-refractivity contribution in [1.82, 2.24) is 8.61 Å². The molecule has 1 amide bonds. The average Bonchev–Trinajstić information content (AvgIpc) is 2.89. The van der Waals surface area contributed by atoms with Gasteiger partial charge in [0.2, 0.25) is 20.0 Å². The Kier molecular flexibility index (Phi) is 7.60. The molecule has 190 valence electrons. The lowest BCUT2D eigenvalue weighted by Gasteiger charge is -2.28. The SMILES string of the molecule is CCN(CC)S(=O)(=O)c1ccc(C(=O)Nc2ccc3c(c2)CN(S(=O)(=O)c2ccccc2)CC3)cc1. The van der Waals surface area contributed by atoms with Crippen LogP contribution in [0.3, 0.4) is 0 Å². The standard InChI is InChI=1S/C26H29N3O5S2/c1-3-28(4-2)35(31,32)25-14-11-21(12-15-25)26(30)27-23-13-10-20-16-17-29(19-22(20)18-23)36(33,34)24-8-6-5-7-9-24/h5-15,18H,3-4,16-17,19H2,1-2H3,(H,27,30). The van der Waals surface area contributed by atoms with Gasteiger partial charge in [0.25, 0.3) is 5.91 Å². The molecule has 0 radical (unpaired) electrons. The van der Waals surface area contributed by atoms with Gasteiger partial charge in [-0.15, -0.1) is 0 Å². The first-order chi connectivity index (χ1) is 17.2. The number of carbonyl (C=O) groups excluding carboxylic acids is 1. The summed E-state index contributed by atoms with van der Waals surface area (Å²) >= 11 is 0. The third-order valence-corrected chi connectivity index (χ3v) is 10.2. The Labute approximate surface area is 212 Å². The maximum atomic E-state index is 13.0. The lowest BCUT2D eigenvalue weighted by atomic mass is 10.0. The van der Waals surface area contributed by atoms with Crippen LogP contribution in [0.5, 0.6) is 0 Å². The molecule has 0 fully saturated rings. The summed E-state index contributed by atoms with van der Waals surface area (Å²) in [4.78, 5) is 13.2. The second-order valence-electron chi connectivity index (χ2n) is 8.45. The number of nitrogens with zero attached hydrogens (tertiary/aromatic N) is 2. The second kappa shape index (κ2) is 10.5. The van der Waals surface area contributed by atoms with Gasteiger partial charge in [0.15, 0.2) is 0 Å². The van der Waals surface area contributed by atoms with Crippen molar-refractivity contribution < 1.29 is 21.6 Å². The highest BCUT2D eigenvalue weighted by molar-refractivity contribution is 7.89. The summed E-state index contributed by atoms with van der Waals surface area (Å²) in [7, 11) is -7.22. The van der Waals surface area contributed by atoms with Gasteiger partial charge in [-0.1, -0.05) is 38.1 Å². The highest BCUT2D eigenvalue weighted by Gasteiger charge is 2.28. The number of nitrogens with one attached hydrogen (secondary N) is 1. The first kappa shape index (κ1) is 26.0. The van der Waals surface area contributed by atoms with Crippen molar-refractivity contribution in [3.63, 3.8) is 0 Å². The van der Waals surface area contributed by atoms with Crippen molar-refractivity contribution in [1.29, 1.82) is 0 Å². The molecular formula is C26H29N3O5S2. The molecule has 1 aliphatic rings. The minimum absolute atomic E-state index is 0.135. The Hall–Kier alpha value is -3.05. The number of anilines is 1. The average molecular weight is 528 g/mol. The van der Waals surface area contributed by atoms with E-state index in [9.17, 15) is 21.6 Å². The van der Waals surface area contributed by atoms with Crippen LogP contribution in [-0.2, 0) is 33.0 Å². The minimum atomic E-state index is -3.62. The van der Waals surface area contributed by atoms with E-state index in [4.69, 9.17) is 0 Å². The van der Waals surface area contributed by atoms with E-state index >= 15 is 0 Å². The number of carbonyl (C=O) groups is 1. The maximum Gasteiger partial charge on any atom is 0.255 e. The number of sulfonamides is 2. The third kappa shape index (κ3) is 5.22. The summed E-state index contributed by atoms with van der Waals surface area (Å²) in [5.41, 5.74) is 2.73. The van der Waals surface area contributed by atoms with Crippen molar-refractivity contribution in [2.45, 2.75) is 36.6 Å². The molecule has 0 atom stereocenters. The summed E-state index contributed by atoms with van der Waals surface area (Å²) in [6.45, 7) is 4.88. The van der Waals surface area contributed by atoms with Gasteiger partial charge in [-0.2, -0.15) is 8.61 Å². The summed E-state index contributed by atoms with van der Waals surface area (Å²) in [6, 6.07) is 19.7. The molecule has 0 aromatic heterocycles. The molecule has 3 aromatic carbocycles. The van der Waals surface area contributed by atoms with Gasteiger partial charge in [-0.3, -0.25) is 4.79 Å². The van der Waals surface area contributed by atoms with Gasteiger partial charge < -0.3 is 5.32 Å². The van der Waals surface area contributed by atoms with Gasteiger partial charge >= 0.3 is 0 Å². The van der Waals surface area contributed by atoms with Crippen LogP contribution in [0.1, 0.15) is 35.3 Å². The molecule has 0 saturated carbocycles. The van der Waals surface area contributed by atoms with Gasteiger partial charge in [0.05, 0.1) is 9.79 Å². The molecule has 0 spiro atoms. The summed E-state index contributed by atoms with van der Waals surface area (Å²) < 4.78 is 54.2. The molecule has 1 heterocycles. The van der Waals surface area contributed by atoms with Crippen LogP contribution in [0.4, 0.5) is 5.69 Å². The zero-order chi connectivity index (χ0) is 25.9. The zero-order valence-corrected chi connectivity index (χ0v) is 21.8. The molecule has 0 aliphatic carbocycles. The van der Waals surface area contributed by atoms with E-state index in [-0.39, 0.29) is 22.2 Å². The van der Waals surface area contributed by atoms with E-state index in [0.29, 0.717) is 37.3 Å². The van der Waals surface area contributed by atoms with Crippen molar-refractivity contribution in [3.8, 4) is 0 Å². The summed E-state index contributed by atoms with van der Waals surface area (Å²) in [6.07, 6.45) is 0.581. The fourth-order valence-electron chi connectivity index (χ4n) is 4.25. The molecule has 8 nitrogen and oxygen atoms in total. The molecule has 10 heteroatoms. The predicted octanol–water partition coefficient (Wildman–Crippen LogP) is 3.72. The van der Waals surface area contributed by atoms with Crippen LogP contribution >= 0.6 is 0 Å². The van der Waals surface area contributed by atoms with Crippen molar-refractivity contribution in [3.05, 3.63) is 89.5 Å². The van der Waals surface area contributed by atoms with Gasteiger partial charge in [-0.05, 0) is 66.1 Å². The predicted molar refractivity (Wildman–Crippen MR) is 139 cm³/mol. The van der Waals surface area contributed by atoms with Crippen LogP contribution in [-0.4, -0.2) is 51.0 Å². The van der Waals surface area contributed by atoms with Gasteiger partial charge in [0.1, 0.15) is 0 Å². The highest BCUT2D eigenvalue weighted by Crippen LogP contribution is 2.27. The molecule has 1 N–H and O–H groups in total. The van der Waals surface area contributed by atoms with E-state index < -0.39 is 20.0 Å². The number of fused-ring (bicyclic) bond motifs is 1. The van der Waals surface area contributed by atoms with E-state index in [1.54, 1.807) is 56.3 Å². The number of hydrogen-bond acceptors (Lipinski definition) is 5. The number of hydrogen-bond donors (Lipinski definition) is 1. The van der Waals surface area contributed by atoms with E-state index in [0.717, 1.165) is 11.1 Å². The lowest BCUT2D eigenvalue weighted by molar-refractivity contribution is 0.102. The Balaban J connectivity index is 1.49. The lowest BCUT2D eigenvalue weighted by Crippen LogP contribution is -2.36. The fourth-order valence-corrected chi connectivity index (χ4v) is 7.15. The van der Waals surface area contributed by atoms with Crippen LogP contribution in [0.25, 0.3) is 0 Å². The summed E-state index contributed by atoms with van der Waals surface area (Å²) in [5.74, 6) is -0.383. The van der Waals surface area contributed by atoms with Gasteiger partial charge in [0, 0.05) is 37.4 Å². The molecule has 3 aromatic rings. The van der Waals surface area contributed by atoms with Crippen molar-refractivity contribution in [2.75, 3.05) is 25.0 Å². The Morgan fingerprint density at radius 3 is 2.17 bits per heavy atom. The van der Waals surface area contributed by atoms with Crippen LogP contribution in [0, 0.1) is 0 Å². The normalized spacial score (nSPS) is 14.4. The molecule has 0 saturated heterocycles. The largest absolute Gasteiger partial charge is 0.322 e. The smallest absolute Gasteiger partial charge is 0.255 e. The van der Waals surface area contributed by atoms with Crippen LogP contribution < -0.4 is 5.32 Å². The highest BCUT2D eigenvalue weighted by atomic mass is 32.2. The Bertz CT molecular complexity index is 1450. The van der Waals surface area contributed by atoms with E-state index in [1.807, 2.05) is 6.07 Å². The number of amides is 1. The molecule has 1 aliphatic heterocycles.